The van der Waals surface area contributed by atoms with Crippen molar-refractivity contribution in [2.75, 3.05) is 44.0 Å². The molecule has 4 rings (SSSR count). The number of ether oxygens (including phenoxy) is 1. The van der Waals surface area contributed by atoms with Gasteiger partial charge in [-0.1, -0.05) is 0 Å². The molecule has 172 valence electrons. The Balaban J connectivity index is 1.66. The van der Waals surface area contributed by atoms with Crippen LogP contribution in [0.4, 0.5) is 20.3 Å². The Hall–Kier alpha value is -2.74. The van der Waals surface area contributed by atoms with Crippen LogP contribution >= 0.6 is 0 Å². The van der Waals surface area contributed by atoms with E-state index in [1.165, 1.54) is 12.1 Å². The minimum Gasteiger partial charge on any atom is -0.396 e. The third kappa shape index (κ3) is 4.28. The summed E-state index contributed by atoms with van der Waals surface area (Å²) < 4.78 is 33.2. The minimum atomic E-state index is -0.610. The SMILES string of the molecule is COCCC(=O)N1CCN(c2nc(C3CC3)c(-c3ccc(F)cc3F)c(C)c2N)C[C@H]1C. The van der Waals surface area contributed by atoms with E-state index in [1.807, 2.05) is 18.7 Å². The zero-order chi connectivity index (χ0) is 23.0. The lowest BCUT2D eigenvalue weighted by molar-refractivity contribution is -0.134. The molecule has 6 nitrogen and oxygen atoms in total. The molecule has 1 saturated heterocycles. The standard InChI is InChI=1S/C24H30F2N4O2/c1-14-13-29(9-10-30(14)20(31)8-11-32-3)24-22(27)15(2)21(23(28-24)16-4-5-16)18-7-6-17(25)12-19(18)26/h6-7,12,14,16H,4-5,8-11,13,27H2,1-3H3/t14-/m1/s1. The van der Waals surface area contributed by atoms with Crippen molar-refractivity contribution < 1.29 is 18.3 Å². The molecular weight excluding hydrogens is 414 g/mol. The van der Waals surface area contributed by atoms with Crippen molar-refractivity contribution in [1.29, 1.82) is 0 Å². The third-order valence-electron chi connectivity index (χ3n) is 6.43. The van der Waals surface area contributed by atoms with Crippen LogP contribution in [0, 0.1) is 18.6 Å². The number of nitrogens with two attached hydrogens (primary N) is 1. The first kappa shape index (κ1) is 22.5. The van der Waals surface area contributed by atoms with Gasteiger partial charge in [0.2, 0.25) is 5.91 Å². The van der Waals surface area contributed by atoms with Crippen LogP contribution in [0.15, 0.2) is 18.2 Å². The molecule has 0 bridgehead atoms. The number of carbonyl (C=O) groups excluding carboxylic acids is 1. The summed E-state index contributed by atoms with van der Waals surface area (Å²) in [6, 6.07) is 3.64. The van der Waals surface area contributed by atoms with E-state index in [-0.39, 0.29) is 17.9 Å². The Morgan fingerprint density at radius 3 is 2.66 bits per heavy atom. The van der Waals surface area contributed by atoms with Gasteiger partial charge in [0.05, 0.1) is 24.4 Å². The number of nitrogens with zero attached hydrogens (tertiary/aromatic N) is 3. The number of benzene rings is 1. The van der Waals surface area contributed by atoms with E-state index in [4.69, 9.17) is 15.5 Å². The molecule has 1 atom stereocenters. The van der Waals surface area contributed by atoms with Crippen molar-refractivity contribution in [1.82, 2.24) is 9.88 Å². The highest BCUT2D eigenvalue weighted by Crippen LogP contribution is 2.47. The molecule has 1 saturated carbocycles. The molecule has 2 aliphatic rings. The Morgan fingerprint density at radius 2 is 2.03 bits per heavy atom. The molecule has 1 aromatic carbocycles. The number of carbonyl (C=O) groups is 1. The second kappa shape index (κ2) is 9.02. The van der Waals surface area contributed by atoms with E-state index in [9.17, 15) is 13.6 Å². The fourth-order valence-corrected chi connectivity index (χ4v) is 4.50. The van der Waals surface area contributed by atoms with Crippen molar-refractivity contribution >= 4 is 17.4 Å². The normalized spacial score (nSPS) is 18.8. The van der Waals surface area contributed by atoms with Gasteiger partial charge >= 0.3 is 0 Å². The number of nitrogen functional groups attached to an aromatic ring is 1. The van der Waals surface area contributed by atoms with Crippen molar-refractivity contribution in [3.05, 3.63) is 41.1 Å². The van der Waals surface area contributed by atoms with Crippen LogP contribution in [0.1, 0.15) is 43.4 Å². The van der Waals surface area contributed by atoms with Crippen molar-refractivity contribution in [3.8, 4) is 11.1 Å². The van der Waals surface area contributed by atoms with Gasteiger partial charge in [0.25, 0.3) is 0 Å². The highest BCUT2D eigenvalue weighted by Gasteiger charge is 2.34. The summed E-state index contributed by atoms with van der Waals surface area (Å²) in [5.74, 6) is -0.202. The topological polar surface area (TPSA) is 71.7 Å². The van der Waals surface area contributed by atoms with Crippen LogP contribution in [0.2, 0.25) is 0 Å². The van der Waals surface area contributed by atoms with Crippen LogP contribution in [0.25, 0.3) is 11.1 Å². The Kier molecular flexibility index (Phi) is 6.33. The summed E-state index contributed by atoms with van der Waals surface area (Å²) in [7, 11) is 1.59. The summed E-state index contributed by atoms with van der Waals surface area (Å²) in [5, 5.41) is 0. The van der Waals surface area contributed by atoms with Gasteiger partial charge in [0, 0.05) is 55.9 Å². The summed E-state index contributed by atoms with van der Waals surface area (Å²) in [6.45, 7) is 6.11. The predicted octanol–water partition coefficient (Wildman–Crippen LogP) is 3.87. The minimum absolute atomic E-state index is 0.00760. The average Bonchev–Trinajstić information content (AvgIpc) is 3.59. The molecule has 1 aromatic heterocycles. The largest absolute Gasteiger partial charge is 0.396 e. The van der Waals surface area contributed by atoms with Gasteiger partial charge in [0.1, 0.15) is 11.6 Å². The number of anilines is 2. The number of pyridine rings is 1. The third-order valence-corrected chi connectivity index (χ3v) is 6.43. The molecule has 2 N–H and O–H groups in total. The zero-order valence-corrected chi connectivity index (χ0v) is 18.8. The molecule has 8 heteroatoms. The van der Waals surface area contributed by atoms with Crippen molar-refractivity contribution in [3.63, 3.8) is 0 Å². The lowest BCUT2D eigenvalue weighted by atomic mass is 9.94. The van der Waals surface area contributed by atoms with Crippen LogP contribution in [0.5, 0.6) is 0 Å². The molecule has 2 heterocycles. The van der Waals surface area contributed by atoms with Gasteiger partial charge in [-0.05, 0) is 44.4 Å². The first-order valence-electron chi connectivity index (χ1n) is 11.1. The number of methoxy groups -OCH3 is 1. The zero-order valence-electron chi connectivity index (χ0n) is 18.8. The average molecular weight is 445 g/mol. The monoisotopic (exact) mass is 444 g/mol. The molecule has 2 aromatic rings. The lowest BCUT2D eigenvalue weighted by Gasteiger charge is -2.41. The second-order valence-electron chi connectivity index (χ2n) is 8.76. The molecule has 1 aliphatic heterocycles. The molecule has 1 amide bonds. The lowest BCUT2D eigenvalue weighted by Crippen LogP contribution is -2.54. The van der Waals surface area contributed by atoms with E-state index in [2.05, 4.69) is 4.90 Å². The fraction of sp³-hybridized carbons (Fsp3) is 0.500. The van der Waals surface area contributed by atoms with Crippen LogP contribution in [-0.4, -0.2) is 55.2 Å². The molecule has 0 unspecified atom stereocenters. The van der Waals surface area contributed by atoms with Gasteiger partial charge in [-0.3, -0.25) is 4.79 Å². The maximum atomic E-state index is 14.7. The second-order valence-corrected chi connectivity index (χ2v) is 8.76. The van der Waals surface area contributed by atoms with E-state index in [1.54, 1.807) is 7.11 Å². The highest BCUT2D eigenvalue weighted by molar-refractivity contribution is 5.82. The van der Waals surface area contributed by atoms with Crippen LogP contribution in [-0.2, 0) is 9.53 Å². The summed E-state index contributed by atoms with van der Waals surface area (Å²) in [6.07, 6.45) is 2.34. The number of piperazine rings is 1. The quantitative estimate of drug-likeness (QED) is 0.732. The maximum absolute atomic E-state index is 14.7. The molecule has 2 fully saturated rings. The number of hydrogen-bond acceptors (Lipinski definition) is 5. The highest BCUT2D eigenvalue weighted by atomic mass is 19.1. The maximum Gasteiger partial charge on any atom is 0.225 e. The van der Waals surface area contributed by atoms with Crippen LogP contribution < -0.4 is 10.6 Å². The predicted molar refractivity (Wildman–Crippen MR) is 121 cm³/mol. The number of halogens is 2. The summed E-state index contributed by atoms with van der Waals surface area (Å²) in [4.78, 5) is 21.4. The van der Waals surface area contributed by atoms with Crippen molar-refractivity contribution in [2.24, 2.45) is 0 Å². The number of hydrogen-bond donors (Lipinski definition) is 1. The first-order valence-corrected chi connectivity index (χ1v) is 11.1. The van der Waals surface area contributed by atoms with E-state index >= 15 is 0 Å². The van der Waals surface area contributed by atoms with Crippen molar-refractivity contribution in [2.45, 2.75) is 45.1 Å². The Labute approximate surface area is 187 Å². The van der Waals surface area contributed by atoms with Gasteiger partial charge in [0.15, 0.2) is 5.82 Å². The molecular formula is C24H30F2N4O2. The summed E-state index contributed by atoms with van der Waals surface area (Å²) in [5.41, 5.74) is 9.61. The number of rotatable bonds is 6. The molecule has 32 heavy (non-hydrogen) atoms. The van der Waals surface area contributed by atoms with E-state index in [0.29, 0.717) is 55.3 Å². The Bertz CT molecular complexity index is 1030. The van der Waals surface area contributed by atoms with Gasteiger partial charge < -0.3 is 20.3 Å². The van der Waals surface area contributed by atoms with Gasteiger partial charge in [-0.25, -0.2) is 13.8 Å². The van der Waals surface area contributed by atoms with Crippen LogP contribution in [0.3, 0.4) is 0 Å². The summed E-state index contributed by atoms with van der Waals surface area (Å²) >= 11 is 0. The molecule has 0 radical (unpaired) electrons. The first-order chi connectivity index (χ1) is 15.3. The van der Waals surface area contributed by atoms with Gasteiger partial charge in [-0.15, -0.1) is 0 Å². The molecule has 0 spiro atoms. The Morgan fingerprint density at radius 1 is 1.28 bits per heavy atom. The van der Waals surface area contributed by atoms with E-state index in [0.717, 1.165) is 30.2 Å². The fourth-order valence-electron chi connectivity index (χ4n) is 4.50. The number of aromatic nitrogens is 1. The van der Waals surface area contributed by atoms with Gasteiger partial charge in [-0.2, -0.15) is 0 Å². The molecule has 1 aliphatic carbocycles. The van der Waals surface area contributed by atoms with E-state index < -0.39 is 11.6 Å². The number of amides is 1. The smallest absolute Gasteiger partial charge is 0.225 e.